The lowest BCUT2D eigenvalue weighted by Crippen LogP contribution is -2.06. The zero-order chi connectivity index (χ0) is 29.7. The van der Waals surface area contributed by atoms with Crippen molar-refractivity contribution in [3.05, 3.63) is 83.4 Å². The van der Waals surface area contributed by atoms with E-state index in [1.807, 2.05) is 24.3 Å². The molecule has 0 aliphatic heterocycles. The number of benzene rings is 2. The molecule has 0 saturated carbocycles. The Hall–Kier alpha value is -4.18. The first kappa shape index (κ1) is 33.0. The molecule has 0 saturated heterocycles. The van der Waals surface area contributed by atoms with Gasteiger partial charge in [0.25, 0.3) is 0 Å². The first-order valence-electron chi connectivity index (χ1n) is 14.3. The third kappa shape index (κ3) is 14.7. The highest BCUT2D eigenvalue weighted by Crippen LogP contribution is 2.16. The molecule has 218 valence electrons. The van der Waals surface area contributed by atoms with Crippen LogP contribution in [0.5, 0.6) is 5.75 Å². The molecule has 0 aromatic heterocycles. The standard InChI is InChI=1S/C34H41NO6/c1-27(2)34(38)41-26-9-6-4-3-5-8-25-40-33(37)22-16-29-13-11-28(12-14-29)15-21-32(36)30-17-19-31(20-18-30)39-24-10-7-23-35/h11-14,16-20,22H,1,3-10,15,21,24-26H2,2H3. The number of Topliss-reactive ketones (excluding diaryl/α,β-unsaturated/α-hetero) is 1. The van der Waals surface area contributed by atoms with E-state index in [4.69, 9.17) is 19.5 Å². The minimum absolute atomic E-state index is 0.0642. The van der Waals surface area contributed by atoms with Crippen LogP contribution < -0.4 is 4.74 Å². The largest absolute Gasteiger partial charge is 0.494 e. The summed E-state index contributed by atoms with van der Waals surface area (Å²) in [4.78, 5) is 35.8. The normalized spacial score (nSPS) is 10.6. The predicted octanol–water partition coefficient (Wildman–Crippen LogP) is 7.20. The van der Waals surface area contributed by atoms with Gasteiger partial charge < -0.3 is 14.2 Å². The molecular formula is C34H41NO6. The van der Waals surface area contributed by atoms with Crippen LogP contribution in [0.4, 0.5) is 0 Å². The minimum Gasteiger partial charge on any atom is -0.494 e. The quantitative estimate of drug-likeness (QED) is 0.0731. The molecular weight excluding hydrogens is 518 g/mol. The Bertz CT molecular complexity index is 1180. The number of carbonyl (C=O) groups excluding carboxylic acids is 3. The third-order valence-electron chi connectivity index (χ3n) is 6.27. The van der Waals surface area contributed by atoms with Crippen molar-refractivity contribution in [3.8, 4) is 11.8 Å². The second-order valence-electron chi connectivity index (χ2n) is 9.84. The van der Waals surface area contributed by atoms with Crippen molar-refractivity contribution >= 4 is 23.8 Å². The monoisotopic (exact) mass is 559 g/mol. The smallest absolute Gasteiger partial charge is 0.333 e. The lowest BCUT2D eigenvalue weighted by Gasteiger charge is -2.06. The van der Waals surface area contributed by atoms with E-state index in [9.17, 15) is 14.4 Å². The van der Waals surface area contributed by atoms with E-state index in [0.29, 0.717) is 62.4 Å². The van der Waals surface area contributed by atoms with Crippen LogP contribution in [-0.2, 0) is 25.5 Å². The summed E-state index contributed by atoms with van der Waals surface area (Å²) in [5.74, 6) is 0.0560. The van der Waals surface area contributed by atoms with E-state index in [1.54, 1.807) is 37.3 Å². The number of aryl methyl sites for hydroxylation is 1. The maximum atomic E-state index is 12.6. The van der Waals surface area contributed by atoms with Crippen LogP contribution in [0, 0.1) is 11.3 Å². The topological polar surface area (TPSA) is 103 Å². The minimum atomic E-state index is -0.363. The van der Waals surface area contributed by atoms with Crippen LogP contribution in [0.25, 0.3) is 6.08 Å². The summed E-state index contributed by atoms with van der Waals surface area (Å²) in [7, 11) is 0. The molecule has 0 fully saturated rings. The summed E-state index contributed by atoms with van der Waals surface area (Å²) in [6.45, 7) is 6.49. The highest BCUT2D eigenvalue weighted by atomic mass is 16.5. The number of ketones is 1. The fourth-order valence-corrected chi connectivity index (χ4v) is 3.86. The molecule has 0 aliphatic carbocycles. The lowest BCUT2D eigenvalue weighted by atomic mass is 10.0. The van der Waals surface area contributed by atoms with Gasteiger partial charge in [-0.2, -0.15) is 5.26 Å². The van der Waals surface area contributed by atoms with Crippen molar-refractivity contribution < 1.29 is 28.6 Å². The summed E-state index contributed by atoms with van der Waals surface area (Å²) in [6, 6.07) is 16.9. The van der Waals surface area contributed by atoms with Gasteiger partial charge in [-0.3, -0.25) is 4.79 Å². The van der Waals surface area contributed by atoms with Gasteiger partial charge in [-0.1, -0.05) is 56.5 Å². The number of unbranched alkanes of at least 4 members (excludes halogenated alkanes) is 6. The van der Waals surface area contributed by atoms with E-state index >= 15 is 0 Å². The predicted molar refractivity (Wildman–Crippen MR) is 159 cm³/mol. The maximum absolute atomic E-state index is 12.6. The van der Waals surface area contributed by atoms with Crippen molar-refractivity contribution in [2.75, 3.05) is 19.8 Å². The Morgan fingerprint density at radius 2 is 1.46 bits per heavy atom. The van der Waals surface area contributed by atoms with Crippen LogP contribution in [0.3, 0.4) is 0 Å². The molecule has 2 aromatic rings. The molecule has 0 amide bonds. The van der Waals surface area contributed by atoms with Crippen molar-refractivity contribution in [3.63, 3.8) is 0 Å². The number of nitriles is 1. The molecule has 7 heteroatoms. The van der Waals surface area contributed by atoms with Gasteiger partial charge in [-0.15, -0.1) is 0 Å². The first-order valence-corrected chi connectivity index (χ1v) is 14.3. The second kappa shape index (κ2) is 19.8. The summed E-state index contributed by atoms with van der Waals surface area (Å²) in [5, 5.41) is 8.56. The Kier molecular flexibility index (Phi) is 16.0. The molecule has 41 heavy (non-hydrogen) atoms. The van der Waals surface area contributed by atoms with Crippen LogP contribution in [0.1, 0.15) is 86.2 Å². The van der Waals surface area contributed by atoms with Crippen LogP contribution >= 0.6 is 0 Å². The van der Waals surface area contributed by atoms with Crippen LogP contribution in [0.2, 0.25) is 0 Å². The molecule has 0 aliphatic rings. The SMILES string of the molecule is C=C(C)C(=O)OCCCCCCCCOC(=O)C=Cc1ccc(CCC(=O)c2ccc(OCCCC#N)cc2)cc1. The molecule has 0 heterocycles. The number of rotatable bonds is 20. The van der Waals surface area contributed by atoms with Crippen molar-refractivity contribution in [2.24, 2.45) is 0 Å². The van der Waals surface area contributed by atoms with Gasteiger partial charge in [0.15, 0.2) is 5.78 Å². The van der Waals surface area contributed by atoms with Gasteiger partial charge in [-0.25, -0.2) is 9.59 Å². The van der Waals surface area contributed by atoms with Crippen molar-refractivity contribution in [1.29, 1.82) is 5.26 Å². The van der Waals surface area contributed by atoms with Crippen LogP contribution in [0.15, 0.2) is 66.8 Å². The molecule has 0 radical (unpaired) electrons. The number of carbonyl (C=O) groups is 3. The number of hydrogen-bond donors (Lipinski definition) is 0. The van der Waals surface area contributed by atoms with E-state index in [0.717, 1.165) is 49.7 Å². The molecule has 0 bridgehead atoms. The van der Waals surface area contributed by atoms with E-state index in [2.05, 4.69) is 12.6 Å². The van der Waals surface area contributed by atoms with Gasteiger partial charge in [0.05, 0.1) is 25.9 Å². The number of esters is 2. The average molecular weight is 560 g/mol. The number of hydrogen-bond acceptors (Lipinski definition) is 7. The summed E-state index contributed by atoms with van der Waals surface area (Å²) >= 11 is 0. The number of nitrogens with zero attached hydrogens (tertiary/aromatic N) is 1. The summed E-state index contributed by atoms with van der Waals surface area (Å²) < 4.78 is 15.9. The number of ether oxygens (including phenoxy) is 3. The van der Waals surface area contributed by atoms with Gasteiger partial charge in [0.1, 0.15) is 5.75 Å². The van der Waals surface area contributed by atoms with Crippen molar-refractivity contribution in [2.45, 2.75) is 71.1 Å². The third-order valence-corrected chi connectivity index (χ3v) is 6.27. The van der Waals surface area contributed by atoms with Crippen LogP contribution in [-0.4, -0.2) is 37.5 Å². The molecule has 2 aromatic carbocycles. The molecule has 0 N–H and O–H groups in total. The van der Waals surface area contributed by atoms with Gasteiger partial charge in [0, 0.05) is 30.1 Å². The highest BCUT2D eigenvalue weighted by Gasteiger charge is 2.07. The van der Waals surface area contributed by atoms with Gasteiger partial charge in [-0.05, 0) is 74.1 Å². The van der Waals surface area contributed by atoms with Gasteiger partial charge in [0.2, 0.25) is 0 Å². The Morgan fingerprint density at radius 3 is 2.10 bits per heavy atom. The Labute approximate surface area is 243 Å². The molecule has 2 rings (SSSR count). The Balaban J connectivity index is 1.57. The lowest BCUT2D eigenvalue weighted by molar-refractivity contribution is -0.139. The molecule has 0 atom stereocenters. The first-order chi connectivity index (χ1) is 19.9. The highest BCUT2D eigenvalue weighted by molar-refractivity contribution is 5.96. The van der Waals surface area contributed by atoms with Gasteiger partial charge >= 0.3 is 11.9 Å². The molecule has 0 unspecified atom stereocenters. The van der Waals surface area contributed by atoms with Crippen molar-refractivity contribution in [1.82, 2.24) is 0 Å². The fourth-order valence-electron chi connectivity index (χ4n) is 3.86. The molecule has 7 nitrogen and oxygen atoms in total. The molecule has 0 spiro atoms. The zero-order valence-electron chi connectivity index (χ0n) is 24.1. The van der Waals surface area contributed by atoms with E-state index < -0.39 is 0 Å². The fraction of sp³-hybridized carbons (Fsp3) is 0.412. The summed E-state index contributed by atoms with van der Waals surface area (Å²) in [5.41, 5.74) is 3.00. The van der Waals surface area contributed by atoms with E-state index in [-0.39, 0.29) is 17.7 Å². The second-order valence-corrected chi connectivity index (χ2v) is 9.84. The maximum Gasteiger partial charge on any atom is 0.333 e. The Morgan fingerprint density at radius 1 is 0.829 bits per heavy atom. The summed E-state index contributed by atoms with van der Waals surface area (Å²) in [6.07, 6.45) is 11.1. The average Bonchev–Trinajstić information content (AvgIpc) is 2.98. The zero-order valence-corrected chi connectivity index (χ0v) is 24.1. The van der Waals surface area contributed by atoms with E-state index in [1.165, 1.54) is 6.08 Å².